The Morgan fingerprint density at radius 2 is 1.70 bits per heavy atom. The van der Waals surface area contributed by atoms with E-state index in [0.29, 0.717) is 19.5 Å². The number of methoxy groups -OCH3 is 2. The molecule has 0 radical (unpaired) electrons. The Hall–Kier alpha value is -3.01. The molecule has 0 aromatic heterocycles. The summed E-state index contributed by atoms with van der Waals surface area (Å²) in [5.41, 5.74) is 0.948. The summed E-state index contributed by atoms with van der Waals surface area (Å²) in [5, 5.41) is 8.51. The van der Waals surface area contributed by atoms with E-state index in [4.69, 9.17) is 4.74 Å². The van der Waals surface area contributed by atoms with E-state index in [-0.39, 0.29) is 30.9 Å². The zero-order valence-corrected chi connectivity index (χ0v) is 17.4. The van der Waals surface area contributed by atoms with E-state index in [1.54, 1.807) is 4.90 Å². The normalized spacial score (nSPS) is 19.9. The fourth-order valence-corrected chi connectivity index (χ4v) is 3.08. The molecule has 0 unspecified atom stereocenters. The Kier molecular flexibility index (Phi) is 9.72. The van der Waals surface area contributed by atoms with Crippen molar-refractivity contribution in [1.29, 1.82) is 0 Å². The van der Waals surface area contributed by atoms with Crippen molar-refractivity contribution in [3.05, 3.63) is 35.9 Å². The van der Waals surface area contributed by atoms with E-state index in [1.807, 2.05) is 30.3 Å². The Morgan fingerprint density at radius 1 is 1.03 bits per heavy atom. The molecule has 3 rings (SSSR count). The molecule has 30 heavy (non-hydrogen) atoms. The van der Waals surface area contributed by atoms with Crippen LogP contribution in [0.3, 0.4) is 0 Å². The number of ether oxygens (including phenoxy) is 3. The molecule has 1 aromatic rings. The number of nitrogens with one attached hydrogen (secondary N) is 3. The third kappa shape index (κ3) is 8.16. The van der Waals surface area contributed by atoms with Gasteiger partial charge in [-0.15, -0.1) is 0 Å². The van der Waals surface area contributed by atoms with Gasteiger partial charge in [0.15, 0.2) is 0 Å². The Bertz CT molecular complexity index is 681. The van der Waals surface area contributed by atoms with Crippen molar-refractivity contribution < 1.29 is 28.6 Å². The van der Waals surface area contributed by atoms with Crippen molar-refractivity contribution in [3.63, 3.8) is 0 Å². The van der Waals surface area contributed by atoms with Crippen LogP contribution >= 0.6 is 0 Å². The molecule has 10 heteroatoms. The van der Waals surface area contributed by atoms with E-state index in [2.05, 4.69) is 25.4 Å². The lowest BCUT2D eigenvalue weighted by Gasteiger charge is -2.16. The summed E-state index contributed by atoms with van der Waals surface area (Å²) in [4.78, 5) is 35.2. The van der Waals surface area contributed by atoms with Gasteiger partial charge >= 0.3 is 18.3 Å². The van der Waals surface area contributed by atoms with Crippen LogP contribution in [0.2, 0.25) is 0 Å². The minimum absolute atomic E-state index is 0.0771. The molecule has 0 saturated carbocycles. The summed E-state index contributed by atoms with van der Waals surface area (Å²) in [7, 11) is 2.69. The van der Waals surface area contributed by atoms with Crippen molar-refractivity contribution in [3.8, 4) is 0 Å². The van der Waals surface area contributed by atoms with Gasteiger partial charge in [0.05, 0.1) is 20.3 Å². The van der Waals surface area contributed by atoms with Crippen LogP contribution in [0.4, 0.5) is 14.4 Å². The monoisotopic (exact) mass is 422 g/mol. The van der Waals surface area contributed by atoms with Gasteiger partial charge in [0.25, 0.3) is 0 Å². The van der Waals surface area contributed by atoms with Crippen molar-refractivity contribution >= 4 is 18.3 Å². The maximum Gasteiger partial charge on any atom is 0.410 e. The first-order chi connectivity index (χ1) is 14.5. The second-order valence-electron chi connectivity index (χ2n) is 6.93. The van der Waals surface area contributed by atoms with Gasteiger partial charge in [0, 0.05) is 25.7 Å². The van der Waals surface area contributed by atoms with Gasteiger partial charge in [-0.2, -0.15) is 0 Å². The van der Waals surface area contributed by atoms with Crippen LogP contribution in [0.5, 0.6) is 0 Å². The third-order valence-corrected chi connectivity index (χ3v) is 4.73. The molecule has 2 heterocycles. The molecule has 0 bridgehead atoms. The largest absolute Gasteiger partial charge is 0.453 e. The molecule has 10 nitrogen and oxygen atoms in total. The topological polar surface area (TPSA) is 118 Å². The molecular weight excluding hydrogens is 392 g/mol. The molecule has 2 atom stereocenters. The maximum atomic E-state index is 11.9. The Balaban J connectivity index is 0.000000269. The first-order valence-corrected chi connectivity index (χ1v) is 9.87. The highest BCUT2D eigenvalue weighted by atomic mass is 16.6. The van der Waals surface area contributed by atoms with Gasteiger partial charge in [-0.3, -0.25) is 0 Å². The van der Waals surface area contributed by atoms with Gasteiger partial charge in [-0.05, 0) is 24.9 Å². The van der Waals surface area contributed by atoms with Crippen LogP contribution < -0.4 is 16.0 Å². The van der Waals surface area contributed by atoms with Crippen LogP contribution in [-0.2, 0) is 20.8 Å². The minimum atomic E-state index is -0.477. The number of alkyl carbamates (subject to hydrolysis) is 2. The number of likely N-dealkylation sites (tertiary alicyclic amines) is 1. The third-order valence-electron chi connectivity index (χ3n) is 4.73. The fraction of sp³-hybridized carbons (Fsp3) is 0.550. The van der Waals surface area contributed by atoms with Crippen molar-refractivity contribution in [2.75, 3.05) is 40.4 Å². The van der Waals surface area contributed by atoms with Crippen LogP contribution in [0.25, 0.3) is 0 Å². The number of amides is 3. The average molecular weight is 422 g/mol. The summed E-state index contributed by atoms with van der Waals surface area (Å²) >= 11 is 0. The van der Waals surface area contributed by atoms with Gasteiger partial charge in [-0.1, -0.05) is 30.3 Å². The molecule has 0 spiro atoms. The van der Waals surface area contributed by atoms with E-state index in [1.165, 1.54) is 14.2 Å². The molecular formula is C20H30N4O6. The molecule has 166 valence electrons. The number of carbonyl (C=O) groups excluding carboxylic acids is 3. The molecule has 2 aliphatic heterocycles. The first-order valence-electron chi connectivity index (χ1n) is 9.87. The highest BCUT2D eigenvalue weighted by molar-refractivity contribution is 5.70. The van der Waals surface area contributed by atoms with Crippen molar-refractivity contribution in [2.45, 2.75) is 31.5 Å². The highest BCUT2D eigenvalue weighted by Crippen LogP contribution is 2.12. The van der Waals surface area contributed by atoms with E-state index >= 15 is 0 Å². The van der Waals surface area contributed by atoms with Gasteiger partial charge in [0.1, 0.15) is 6.61 Å². The number of nitrogens with zero attached hydrogens (tertiary/aromatic N) is 1. The highest BCUT2D eigenvalue weighted by Gasteiger charge is 2.28. The van der Waals surface area contributed by atoms with Crippen LogP contribution in [0, 0.1) is 0 Å². The van der Waals surface area contributed by atoms with E-state index in [0.717, 1.165) is 25.1 Å². The van der Waals surface area contributed by atoms with Crippen LogP contribution in [0.15, 0.2) is 30.3 Å². The van der Waals surface area contributed by atoms with E-state index < -0.39 is 6.09 Å². The summed E-state index contributed by atoms with van der Waals surface area (Å²) in [5.74, 6) is 0. The molecule has 2 fully saturated rings. The first kappa shape index (κ1) is 23.3. The Labute approximate surface area is 176 Å². The number of hydrogen-bond acceptors (Lipinski definition) is 7. The second kappa shape index (κ2) is 12.5. The summed E-state index contributed by atoms with van der Waals surface area (Å²) in [6.07, 6.45) is 0.524. The molecule has 2 aliphatic rings. The van der Waals surface area contributed by atoms with Crippen LogP contribution in [-0.4, -0.2) is 75.7 Å². The molecule has 3 N–H and O–H groups in total. The average Bonchev–Trinajstić information content (AvgIpc) is 3.45. The lowest BCUT2D eigenvalue weighted by atomic mass is 10.2. The predicted molar refractivity (Wildman–Crippen MR) is 109 cm³/mol. The predicted octanol–water partition coefficient (Wildman–Crippen LogP) is 1.46. The number of rotatable bonds is 4. The Morgan fingerprint density at radius 3 is 2.30 bits per heavy atom. The minimum Gasteiger partial charge on any atom is -0.453 e. The van der Waals surface area contributed by atoms with Gasteiger partial charge in [-0.25, -0.2) is 14.4 Å². The molecule has 3 amide bonds. The fourth-order valence-electron chi connectivity index (χ4n) is 3.08. The quantitative estimate of drug-likeness (QED) is 0.629. The molecule has 1 aromatic carbocycles. The zero-order valence-electron chi connectivity index (χ0n) is 17.4. The standard InChI is InChI=1S/C14H18N2O4.C6H12N2O2/c1-19-13(17)15-12-7-8-16(9-12)14(18)20-10-11-5-3-2-4-6-11;1-10-6(9)8-5-2-3-7-4-5/h2-6,12H,7-10H2,1H3,(H,15,17);5,7H,2-4H2,1H3,(H,8,9)/t12-;5-/m00/s1. The SMILES string of the molecule is COC(=O)N[C@H]1CCN(C(=O)OCc2ccccc2)C1.COC(=O)N[C@H]1CCNC1. The smallest absolute Gasteiger partial charge is 0.410 e. The zero-order chi connectivity index (χ0) is 21.8. The van der Waals surface area contributed by atoms with Gasteiger partial charge < -0.3 is 35.1 Å². The summed E-state index contributed by atoms with van der Waals surface area (Å²) in [6, 6.07) is 9.69. The summed E-state index contributed by atoms with van der Waals surface area (Å²) in [6.45, 7) is 3.11. The molecule has 0 aliphatic carbocycles. The lowest BCUT2D eigenvalue weighted by molar-refractivity contribution is 0.103. The van der Waals surface area contributed by atoms with Crippen LogP contribution in [0.1, 0.15) is 18.4 Å². The number of benzene rings is 1. The van der Waals surface area contributed by atoms with Crippen molar-refractivity contribution in [1.82, 2.24) is 20.9 Å². The van der Waals surface area contributed by atoms with E-state index in [9.17, 15) is 14.4 Å². The summed E-state index contributed by atoms with van der Waals surface area (Å²) < 4.78 is 14.2. The number of carbonyl (C=O) groups is 3. The molecule has 2 saturated heterocycles. The number of hydrogen-bond donors (Lipinski definition) is 3. The maximum absolute atomic E-state index is 11.9. The second-order valence-corrected chi connectivity index (χ2v) is 6.93. The van der Waals surface area contributed by atoms with Crippen molar-refractivity contribution in [2.24, 2.45) is 0 Å². The van der Waals surface area contributed by atoms with Gasteiger partial charge in [0.2, 0.25) is 0 Å². The lowest BCUT2D eigenvalue weighted by Crippen LogP contribution is -2.38.